The Hall–Kier alpha value is -1.27. The van der Waals surface area contributed by atoms with E-state index in [1.165, 1.54) is 0 Å². The van der Waals surface area contributed by atoms with Crippen molar-refractivity contribution in [2.75, 3.05) is 85.1 Å². The first kappa shape index (κ1) is 32.7. The van der Waals surface area contributed by atoms with Gasteiger partial charge in [-0.15, -0.1) is 0 Å². The molecule has 0 saturated heterocycles. The molecule has 0 bridgehead atoms. The van der Waals surface area contributed by atoms with Crippen molar-refractivity contribution < 1.29 is 0 Å². The minimum absolute atomic E-state index is 0.525. The Balaban J connectivity index is 4.67. The molecule has 200 valence electrons. The summed E-state index contributed by atoms with van der Waals surface area (Å²) >= 11 is 0. The summed E-state index contributed by atoms with van der Waals surface area (Å²) in [4.78, 5) is 4.70. The molecule has 0 amide bonds. The third-order valence-electron chi connectivity index (χ3n) is 5.77. The van der Waals surface area contributed by atoms with Crippen LogP contribution in [0.2, 0.25) is 0 Å². The quantitative estimate of drug-likeness (QED) is 0.0651. The number of hydrogen-bond donors (Lipinski definition) is 8. The summed E-state index contributed by atoms with van der Waals surface area (Å²) in [6, 6.07) is 0. The van der Waals surface area contributed by atoms with E-state index in [9.17, 15) is 0 Å². The van der Waals surface area contributed by atoms with Crippen molar-refractivity contribution in [3.8, 4) is 0 Å². The Morgan fingerprint density at radius 1 is 0.529 bits per heavy atom. The zero-order valence-electron chi connectivity index (χ0n) is 21.8. The Morgan fingerprint density at radius 2 is 1.00 bits per heavy atom. The van der Waals surface area contributed by atoms with E-state index < -0.39 is 0 Å². The second-order valence-electron chi connectivity index (χ2n) is 8.86. The van der Waals surface area contributed by atoms with Gasteiger partial charge in [-0.05, 0) is 58.0 Å². The van der Waals surface area contributed by atoms with Crippen molar-refractivity contribution in [2.24, 2.45) is 17.2 Å². The van der Waals surface area contributed by atoms with Gasteiger partial charge in [0.25, 0.3) is 0 Å². The molecule has 10 heteroatoms. The zero-order chi connectivity index (χ0) is 25.4. The molecule has 0 aromatic rings. The van der Waals surface area contributed by atoms with E-state index >= 15 is 0 Å². The molecule has 0 atom stereocenters. The number of rotatable bonds is 26. The fourth-order valence-electron chi connectivity index (χ4n) is 3.57. The summed E-state index contributed by atoms with van der Waals surface area (Å²) < 4.78 is 0. The molecule has 10 nitrogen and oxygen atoms in total. The topological polar surface area (TPSA) is 180 Å². The van der Waals surface area contributed by atoms with Gasteiger partial charge in [0.1, 0.15) is 0 Å². The summed E-state index contributed by atoms with van der Waals surface area (Å²) in [6.07, 6.45) is 5.53. The summed E-state index contributed by atoms with van der Waals surface area (Å²) in [6.45, 7) is 12.4. The number of nitrogens with two attached hydrogens (primary N) is 3. The van der Waals surface area contributed by atoms with Gasteiger partial charge in [0.05, 0.1) is 0 Å². The van der Waals surface area contributed by atoms with Crippen LogP contribution in [0.25, 0.3) is 0 Å². The van der Waals surface area contributed by atoms with Crippen LogP contribution >= 0.6 is 0 Å². The van der Waals surface area contributed by atoms with Gasteiger partial charge >= 0.3 is 0 Å². The lowest BCUT2D eigenvalue weighted by Gasteiger charge is -2.28. The van der Waals surface area contributed by atoms with Crippen molar-refractivity contribution in [1.82, 2.24) is 20.4 Å². The molecule has 11 N–H and O–H groups in total. The van der Waals surface area contributed by atoms with Crippen molar-refractivity contribution in [3.63, 3.8) is 0 Å². The van der Waals surface area contributed by atoms with E-state index in [0.717, 1.165) is 115 Å². The number of nitrogens with zero attached hydrogens (tertiary/aromatic N) is 2. The molecule has 0 aliphatic rings. The first-order valence-electron chi connectivity index (χ1n) is 13.1. The highest BCUT2D eigenvalue weighted by atomic mass is 15.2. The Labute approximate surface area is 208 Å². The molecule has 0 rings (SSSR count). The van der Waals surface area contributed by atoms with E-state index in [-0.39, 0.29) is 0 Å². The number of hydrogen-bond acceptors (Lipinski definition) is 10. The average molecular weight is 483 g/mol. The van der Waals surface area contributed by atoms with Gasteiger partial charge in [-0.1, -0.05) is 6.92 Å². The normalized spacial score (nSPS) is 11.5. The third kappa shape index (κ3) is 20.1. The highest BCUT2D eigenvalue weighted by Crippen LogP contribution is 2.03. The highest BCUT2D eigenvalue weighted by molar-refractivity contribution is 5.82. The lowest BCUT2D eigenvalue weighted by atomic mass is 10.1. The molecule has 0 aliphatic heterocycles. The van der Waals surface area contributed by atoms with Gasteiger partial charge < -0.3 is 53.9 Å². The fraction of sp³-hybridized carbons (Fsp3) is 0.875. The van der Waals surface area contributed by atoms with Crippen LogP contribution in [0.5, 0.6) is 0 Å². The summed E-state index contributed by atoms with van der Waals surface area (Å²) in [5.74, 6) is 0. The zero-order valence-corrected chi connectivity index (χ0v) is 21.8. The molecule has 0 heterocycles. The van der Waals surface area contributed by atoms with Gasteiger partial charge in [-0.2, -0.15) is 0 Å². The van der Waals surface area contributed by atoms with Crippen molar-refractivity contribution in [2.45, 2.75) is 51.9 Å². The molecule has 0 unspecified atom stereocenters. The van der Waals surface area contributed by atoms with Crippen LogP contribution in [0, 0.1) is 16.2 Å². The maximum atomic E-state index is 8.31. The van der Waals surface area contributed by atoms with E-state index in [1.54, 1.807) is 0 Å². The smallest absolute Gasteiger partial charge is 0.0114 e. The second kappa shape index (κ2) is 23.5. The predicted molar refractivity (Wildman–Crippen MR) is 147 cm³/mol. The van der Waals surface area contributed by atoms with Crippen molar-refractivity contribution in [1.29, 1.82) is 16.2 Å². The second-order valence-corrected chi connectivity index (χ2v) is 8.86. The van der Waals surface area contributed by atoms with Crippen LogP contribution in [0.15, 0.2) is 0 Å². The molecule has 0 aliphatic carbocycles. The van der Waals surface area contributed by atoms with Crippen LogP contribution in [0.3, 0.4) is 0 Å². The first-order valence-corrected chi connectivity index (χ1v) is 13.1. The molecule has 0 fully saturated rings. The van der Waals surface area contributed by atoms with Gasteiger partial charge in [0, 0.05) is 89.1 Å². The maximum Gasteiger partial charge on any atom is 0.0114 e. The molecule has 0 aromatic carbocycles. The molecule has 34 heavy (non-hydrogen) atoms. The monoisotopic (exact) mass is 482 g/mol. The minimum atomic E-state index is 0.525. The van der Waals surface area contributed by atoms with E-state index in [2.05, 4.69) is 27.4 Å². The Bertz CT molecular complexity index is 498. The molecular weight excluding hydrogens is 428 g/mol. The molecule has 0 radical (unpaired) electrons. The van der Waals surface area contributed by atoms with Gasteiger partial charge in [0.15, 0.2) is 0 Å². The largest absolute Gasteiger partial charge is 0.330 e. The van der Waals surface area contributed by atoms with Gasteiger partial charge in [-0.3, -0.25) is 0 Å². The fourth-order valence-corrected chi connectivity index (χ4v) is 3.57. The first-order chi connectivity index (χ1) is 16.5. The third-order valence-corrected chi connectivity index (χ3v) is 5.77. The molecule has 0 saturated carbocycles. The average Bonchev–Trinajstić information content (AvgIpc) is 2.82. The van der Waals surface area contributed by atoms with Crippen LogP contribution in [-0.4, -0.2) is 112 Å². The van der Waals surface area contributed by atoms with E-state index in [1.807, 2.05) is 0 Å². The highest BCUT2D eigenvalue weighted by Gasteiger charge is 2.12. The van der Waals surface area contributed by atoms with Gasteiger partial charge in [0.2, 0.25) is 0 Å². The van der Waals surface area contributed by atoms with E-state index in [0.29, 0.717) is 31.8 Å². The Morgan fingerprint density at radius 3 is 1.44 bits per heavy atom. The molecular formula is C24H54N10. The lowest BCUT2D eigenvalue weighted by molar-refractivity contribution is 0.214. The van der Waals surface area contributed by atoms with E-state index in [4.69, 9.17) is 33.4 Å². The van der Waals surface area contributed by atoms with Crippen LogP contribution in [0.4, 0.5) is 0 Å². The van der Waals surface area contributed by atoms with Crippen molar-refractivity contribution in [3.05, 3.63) is 0 Å². The Kier molecular flexibility index (Phi) is 22.6. The predicted octanol–water partition coefficient (Wildman–Crippen LogP) is 0.456. The van der Waals surface area contributed by atoms with Crippen LogP contribution < -0.4 is 27.8 Å². The lowest BCUT2D eigenvalue weighted by Crippen LogP contribution is -2.40. The maximum absolute atomic E-state index is 8.31. The summed E-state index contributed by atoms with van der Waals surface area (Å²) in [7, 11) is 0. The van der Waals surface area contributed by atoms with Crippen molar-refractivity contribution >= 4 is 17.1 Å². The van der Waals surface area contributed by atoms with Gasteiger partial charge in [-0.25, -0.2) is 0 Å². The molecule has 0 aromatic heterocycles. The minimum Gasteiger partial charge on any atom is -0.330 e. The summed E-state index contributed by atoms with van der Waals surface area (Å²) in [5.41, 5.74) is 19.1. The van der Waals surface area contributed by atoms with Crippen LogP contribution in [-0.2, 0) is 0 Å². The molecule has 0 spiro atoms. The standard InChI is InChI=1S/C24H54N10/c1-2-12-31-13-4-23(29)7-16-33(17-8-24(30)5-14-32-15-10-26)20-21-34(19-11-27)18-6-22(28)3-9-25/h28-32H,2-21,25-27H2,1H3. The number of nitrogens with one attached hydrogen (secondary N) is 5. The summed E-state index contributed by atoms with van der Waals surface area (Å²) in [5, 5.41) is 31.2. The van der Waals surface area contributed by atoms with Crippen LogP contribution in [0.1, 0.15) is 51.9 Å². The SMILES string of the molecule is CCCNCCC(=N)CCN(CCC(=N)CCNCCN)CCN(CCN)CCC(=N)CCN.